The van der Waals surface area contributed by atoms with Crippen molar-refractivity contribution < 1.29 is 37.0 Å². The molecule has 0 bridgehead atoms. The van der Waals surface area contributed by atoms with Gasteiger partial charge in [0.1, 0.15) is 11.7 Å². The third-order valence-electron chi connectivity index (χ3n) is 8.14. The van der Waals surface area contributed by atoms with Crippen LogP contribution in [0.4, 0.5) is 28.4 Å². The Morgan fingerprint density at radius 3 is 2.38 bits per heavy atom. The lowest BCUT2D eigenvalue weighted by molar-refractivity contribution is -0.167. The minimum Gasteiger partial charge on any atom is -0.444 e. The van der Waals surface area contributed by atoms with E-state index in [1.165, 1.54) is 6.07 Å². The Hall–Kier alpha value is -4.20. The highest BCUT2D eigenvalue weighted by molar-refractivity contribution is 5.96. The number of hydrogen-bond donors (Lipinski definition) is 2. The van der Waals surface area contributed by atoms with Gasteiger partial charge in [-0.25, -0.2) is 9.59 Å². The van der Waals surface area contributed by atoms with Gasteiger partial charge in [-0.1, -0.05) is 69.9 Å². The topological polar surface area (TPSA) is 97.0 Å². The molecule has 1 heterocycles. The minimum absolute atomic E-state index is 0.0759. The summed E-state index contributed by atoms with van der Waals surface area (Å²) in [6.45, 7) is 13.7. The molecule has 2 aromatic carbocycles. The summed E-state index contributed by atoms with van der Waals surface area (Å²) in [6.07, 6.45) is -4.06. The Kier molecular flexibility index (Phi) is 10.2. The molecule has 2 N–H and O–H groups in total. The lowest BCUT2D eigenvalue weighted by Crippen LogP contribution is -2.48. The van der Waals surface area contributed by atoms with Crippen LogP contribution in [-0.2, 0) is 31.6 Å². The molecule has 0 spiro atoms. The number of ether oxygens (including phenoxy) is 2. The molecule has 0 aromatic heterocycles. The van der Waals surface area contributed by atoms with Crippen LogP contribution in [0.1, 0.15) is 96.4 Å². The van der Waals surface area contributed by atoms with Crippen LogP contribution in [0.25, 0.3) is 0 Å². The first-order chi connectivity index (χ1) is 21.8. The van der Waals surface area contributed by atoms with E-state index in [9.17, 15) is 27.6 Å². The van der Waals surface area contributed by atoms with Crippen LogP contribution in [0.2, 0.25) is 0 Å². The van der Waals surface area contributed by atoms with Crippen LogP contribution in [0.5, 0.6) is 0 Å². The van der Waals surface area contributed by atoms with Gasteiger partial charge in [0.15, 0.2) is 0 Å². The highest BCUT2D eigenvalue weighted by atomic mass is 19.4. The maximum absolute atomic E-state index is 13.4. The number of rotatable bonds is 8. The van der Waals surface area contributed by atoms with E-state index in [0.717, 1.165) is 30.4 Å². The molecular weight excluding hydrogens is 611 g/mol. The standard InChI is InChI=1S/C36H44F3N3O5/c1-8-9-10-12-24-19-23(15-16-27(24)40-30(43)36(37,38)39)20-28(41-31(44)47-34(5,6)7)29-22-42(32(45)46-29)35(17-18-35)26-14-11-13-25(21-26)33(2,3)4/h11,13-16,19,21,28-29H,8-9,17-18,20,22H2,1-7H3,(H,40,43)(H,41,44). The highest BCUT2D eigenvalue weighted by Crippen LogP contribution is 2.53. The first-order valence-corrected chi connectivity index (χ1v) is 15.9. The van der Waals surface area contributed by atoms with E-state index in [2.05, 4.69) is 50.1 Å². The average molecular weight is 656 g/mol. The normalized spacial score (nSPS) is 18.0. The molecule has 2 aromatic rings. The molecule has 47 heavy (non-hydrogen) atoms. The van der Waals surface area contributed by atoms with Crippen LogP contribution in [-0.4, -0.2) is 53.5 Å². The van der Waals surface area contributed by atoms with Gasteiger partial charge in [-0.2, -0.15) is 13.2 Å². The Morgan fingerprint density at radius 1 is 1.09 bits per heavy atom. The number of hydrogen-bond acceptors (Lipinski definition) is 5. The summed E-state index contributed by atoms with van der Waals surface area (Å²) in [7, 11) is 0. The Bertz CT molecular complexity index is 1560. The fraction of sp³-hybridized carbons (Fsp3) is 0.528. The van der Waals surface area contributed by atoms with Gasteiger partial charge in [0.05, 0.1) is 23.8 Å². The molecule has 0 radical (unpaired) electrons. The van der Waals surface area contributed by atoms with Crippen LogP contribution >= 0.6 is 0 Å². The number of carbonyl (C=O) groups excluding carboxylic acids is 3. The summed E-state index contributed by atoms with van der Waals surface area (Å²) < 4.78 is 50.5. The van der Waals surface area contributed by atoms with Gasteiger partial charge >= 0.3 is 24.3 Å². The maximum atomic E-state index is 13.4. The molecule has 1 saturated carbocycles. The zero-order valence-corrected chi connectivity index (χ0v) is 28.1. The molecule has 2 atom stereocenters. The number of halogens is 3. The molecule has 8 nitrogen and oxygen atoms in total. The van der Waals surface area contributed by atoms with Gasteiger partial charge in [-0.3, -0.25) is 9.69 Å². The second kappa shape index (κ2) is 13.5. The molecule has 3 amide bonds. The van der Waals surface area contributed by atoms with Crippen molar-refractivity contribution in [2.24, 2.45) is 0 Å². The van der Waals surface area contributed by atoms with Crippen molar-refractivity contribution in [2.45, 2.75) is 115 Å². The lowest BCUT2D eigenvalue weighted by Gasteiger charge is -2.29. The number of carbonyl (C=O) groups is 3. The highest BCUT2D eigenvalue weighted by Gasteiger charge is 2.56. The fourth-order valence-electron chi connectivity index (χ4n) is 5.55. The quantitative estimate of drug-likeness (QED) is 0.286. The molecular formula is C36H44F3N3O5. The van der Waals surface area contributed by atoms with Crippen LogP contribution in [0, 0.1) is 11.8 Å². The predicted molar refractivity (Wildman–Crippen MR) is 173 cm³/mol. The van der Waals surface area contributed by atoms with Crippen LogP contribution in [0.3, 0.4) is 0 Å². The summed E-state index contributed by atoms with van der Waals surface area (Å²) >= 11 is 0. The molecule has 2 aliphatic rings. The van der Waals surface area contributed by atoms with E-state index >= 15 is 0 Å². The van der Waals surface area contributed by atoms with E-state index < -0.39 is 47.6 Å². The third-order valence-corrected chi connectivity index (χ3v) is 8.14. The largest absolute Gasteiger partial charge is 0.471 e. The van der Waals surface area contributed by atoms with Crippen LogP contribution in [0.15, 0.2) is 42.5 Å². The summed E-state index contributed by atoms with van der Waals surface area (Å²) in [5, 5.41) is 4.77. The number of amides is 3. The van der Waals surface area contributed by atoms with Crippen molar-refractivity contribution in [1.29, 1.82) is 0 Å². The van der Waals surface area contributed by atoms with Gasteiger partial charge < -0.3 is 20.1 Å². The molecule has 2 fully saturated rings. The van der Waals surface area contributed by atoms with Crippen molar-refractivity contribution in [1.82, 2.24) is 10.2 Å². The van der Waals surface area contributed by atoms with Crippen molar-refractivity contribution in [3.8, 4) is 11.8 Å². The number of alkyl halides is 3. The second-order valence-corrected chi connectivity index (χ2v) is 14.2. The molecule has 1 aliphatic carbocycles. The smallest absolute Gasteiger partial charge is 0.444 e. The Balaban J connectivity index is 1.63. The fourth-order valence-corrected chi connectivity index (χ4v) is 5.55. The van der Waals surface area contributed by atoms with Crippen molar-refractivity contribution in [2.75, 3.05) is 11.9 Å². The molecule has 2 unspecified atom stereocenters. The van der Waals surface area contributed by atoms with Crippen molar-refractivity contribution in [3.63, 3.8) is 0 Å². The van der Waals surface area contributed by atoms with Gasteiger partial charge in [0, 0.05) is 12.0 Å². The first-order valence-electron chi connectivity index (χ1n) is 15.9. The Morgan fingerprint density at radius 2 is 1.79 bits per heavy atom. The predicted octanol–water partition coefficient (Wildman–Crippen LogP) is 7.58. The minimum atomic E-state index is -5.07. The number of nitrogens with zero attached hydrogens (tertiary/aromatic N) is 1. The molecule has 254 valence electrons. The first kappa shape index (κ1) is 35.7. The number of anilines is 1. The third kappa shape index (κ3) is 8.99. The Labute approximate surface area is 274 Å². The lowest BCUT2D eigenvalue weighted by atomic mass is 9.85. The van der Waals surface area contributed by atoms with E-state index in [1.807, 2.05) is 24.4 Å². The number of nitrogens with one attached hydrogen (secondary N) is 2. The zero-order chi connectivity index (χ0) is 34.8. The SMILES string of the molecule is CCCC#Cc1cc(CC(NC(=O)OC(C)(C)C)C2CN(C3(c4cccc(C(C)(C)C)c4)CC3)C(=O)O2)ccc1NC(=O)C(F)(F)F. The second-order valence-electron chi connectivity index (χ2n) is 14.2. The van der Waals surface area contributed by atoms with Crippen LogP contribution < -0.4 is 10.6 Å². The number of cyclic esters (lactones) is 1. The van der Waals surface area contributed by atoms with Gasteiger partial charge in [0.2, 0.25) is 0 Å². The summed E-state index contributed by atoms with van der Waals surface area (Å²) in [4.78, 5) is 39.9. The van der Waals surface area contributed by atoms with Gasteiger partial charge in [-0.05, 0) is 80.7 Å². The summed E-state index contributed by atoms with van der Waals surface area (Å²) in [6, 6.07) is 12.0. The average Bonchev–Trinajstić information content (AvgIpc) is 3.67. The van der Waals surface area contributed by atoms with E-state index in [0.29, 0.717) is 12.0 Å². The van der Waals surface area contributed by atoms with Crippen molar-refractivity contribution in [3.05, 3.63) is 64.7 Å². The molecule has 11 heteroatoms. The zero-order valence-electron chi connectivity index (χ0n) is 28.1. The van der Waals surface area contributed by atoms with Gasteiger partial charge in [0.25, 0.3) is 0 Å². The number of unbranched alkanes of at least 4 members (excludes halogenated alkanes) is 1. The monoisotopic (exact) mass is 655 g/mol. The van der Waals surface area contributed by atoms with Crippen molar-refractivity contribution >= 4 is 23.8 Å². The number of benzene rings is 2. The van der Waals surface area contributed by atoms with E-state index in [-0.39, 0.29) is 29.6 Å². The summed E-state index contributed by atoms with van der Waals surface area (Å²) in [5.74, 6) is 3.67. The van der Waals surface area contributed by atoms with Gasteiger partial charge in [-0.15, -0.1) is 0 Å². The number of alkyl carbamates (subject to hydrolysis) is 1. The van der Waals surface area contributed by atoms with E-state index in [1.54, 1.807) is 37.8 Å². The van der Waals surface area contributed by atoms with E-state index in [4.69, 9.17) is 9.47 Å². The molecule has 4 rings (SSSR count). The molecule has 1 aliphatic heterocycles. The molecule has 1 saturated heterocycles. The maximum Gasteiger partial charge on any atom is 0.471 e. The summed E-state index contributed by atoms with van der Waals surface area (Å²) in [5.41, 5.74) is 1.54.